The van der Waals surface area contributed by atoms with Gasteiger partial charge in [0.15, 0.2) is 0 Å². The fourth-order valence-electron chi connectivity index (χ4n) is 0.991. The Balaban J connectivity index is 2.66. The van der Waals surface area contributed by atoms with Gasteiger partial charge in [0.1, 0.15) is 19.0 Å². The lowest BCUT2D eigenvalue weighted by molar-refractivity contribution is -0.388. The summed E-state index contributed by atoms with van der Waals surface area (Å²) >= 11 is 0. The summed E-state index contributed by atoms with van der Waals surface area (Å²) in [6.07, 6.45) is 3.21. The molecule has 0 aliphatic rings. The van der Waals surface area contributed by atoms with Crippen molar-refractivity contribution < 1.29 is 9.31 Å². The van der Waals surface area contributed by atoms with E-state index >= 15 is 0 Å². The first-order chi connectivity index (χ1) is 7.20. The van der Waals surface area contributed by atoms with Crippen molar-refractivity contribution in [3.8, 4) is 5.82 Å². The Labute approximate surface area is 81.6 Å². The second kappa shape index (κ2) is 3.36. The van der Waals surface area contributed by atoms with Gasteiger partial charge in [-0.05, 0) is 0 Å². The highest BCUT2D eigenvalue weighted by Crippen LogP contribution is 2.20. The van der Waals surface area contributed by atoms with Crippen LogP contribution in [0.4, 0.5) is 10.1 Å². The Morgan fingerprint density at radius 3 is 2.80 bits per heavy atom. The third-order valence-electron chi connectivity index (χ3n) is 1.58. The number of hydrogen-bond donors (Lipinski definition) is 0. The van der Waals surface area contributed by atoms with Crippen LogP contribution in [0.25, 0.3) is 5.82 Å². The zero-order valence-electron chi connectivity index (χ0n) is 7.11. The number of nitro groups is 1. The zero-order chi connectivity index (χ0) is 10.8. The molecule has 0 aliphatic heterocycles. The molecule has 15 heavy (non-hydrogen) atoms. The van der Waals surface area contributed by atoms with E-state index in [2.05, 4.69) is 20.1 Å². The van der Waals surface area contributed by atoms with Crippen LogP contribution in [0.2, 0.25) is 0 Å². The maximum Gasteiger partial charge on any atom is 0.368 e. The summed E-state index contributed by atoms with van der Waals surface area (Å²) in [5.74, 6) is -1.47. The minimum atomic E-state index is -1.21. The highest BCUT2D eigenvalue weighted by atomic mass is 19.1. The molecule has 0 spiro atoms. The third-order valence-corrected chi connectivity index (χ3v) is 1.58. The molecule has 0 amide bonds. The second-order valence-electron chi connectivity index (χ2n) is 2.43. The molecule has 2 heterocycles. The number of rotatable bonds is 2. The lowest BCUT2D eigenvalue weighted by atomic mass is 10.5. The van der Waals surface area contributed by atoms with Gasteiger partial charge in [0.05, 0.1) is 4.92 Å². The van der Waals surface area contributed by atoms with E-state index in [-0.39, 0.29) is 5.82 Å². The average molecular weight is 210 g/mol. The van der Waals surface area contributed by atoms with Crippen molar-refractivity contribution >= 4 is 5.69 Å². The van der Waals surface area contributed by atoms with Crippen LogP contribution in [0.1, 0.15) is 0 Å². The minimum Gasteiger partial charge on any atom is -0.258 e. The Morgan fingerprint density at radius 1 is 1.40 bits per heavy atom. The summed E-state index contributed by atoms with van der Waals surface area (Å²) in [6, 6.07) is 0. The lowest BCUT2D eigenvalue weighted by Crippen LogP contribution is -2.06. The van der Waals surface area contributed by atoms with Gasteiger partial charge in [0.2, 0.25) is 5.82 Å². The van der Waals surface area contributed by atoms with Gasteiger partial charge < -0.3 is 0 Å². The second-order valence-corrected chi connectivity index (χ2v) is 2.43. The zero-order valence-corrected chi connectivity index (χ0v) is 7.11. The first-order valence-corrected chi connectivity index (χ1v) is 3.70. The number of halogens is 1. The molecule has 0 atom stereocenters. The molecule has 0 saturated carbocycles. The molecule has 2 rings (SSSR count). The van der Waals surface area contributed by atoms with Crippen molar-refractivity contribution in [2.75, 3.05) is 0 Å². The Morgan fingerprint density at radius 2 is 2.20 bits per heavy atom. The van der Waals surface area contributed by atoms with Crippen molar-refractivity contribution in [2.45, 2.75) is 0 Å². The van der Waals surface area contributed by atoms with Gasteiger partial charge in [-0.3, -0.25) is 10.1 Å². The summed E-state index contributed by atoms with van der Waals surface area (Å²) in [4.78, 5) is 19.9. The molecule has 0 N–H and O–H groups in total. The van der Waals surface area contributed by atoms with E-state index in [4.69, 9.17) is 0 Å². The van der Waals surface area contributed by atoms with Crippen LogP contribution < -0.4 is 0 Å². The fourth-order valence-corrected chi connectivity index (χ4v) is 0.991. The van der Waals surface area contributed by atoms with E-state index in [1.54, 1.807) is 0 Å². The quantitative estimate of drug-likeness (QED) is 0.396. The molecule has 0 unspecified atom stereocenters. The van der Waals surface area contributed by atoms with Crippen LogP contribution in [-0.2, 0) is 0 Å². The molecule has 0 radical (unpaired) electrons. The van der Waals surface area contributed by atoms with Crippen LogP contribution in [0.3, 0.4) is 0 Å². The molecular formula is C6H3FN6O2. The van der Waals surface area contributed by atoms with Crippen molar-refractivity contribution in [1.82, 2.24) is 24.7 Å². The van der Waals surface area contributed by atoms with Crippen LogP contribution in [0.5, 0.6) is 0 Å². The Hall–Kier alpha value is -2.45. The van der Waals surface area contributed by atoms with Gasteiger partial charge in [0, 0.05) is 0 Å². The Kier molecular flexibility index (Phi) is 2.04. The lowest BCUT2D eigenvalue weighted by Gasteiger charge is -1.99. The molecule has 9 heteroatoms. The molecule has 0 aliphatic carbocycles. The molecule has 0 aromatic carbocycles. The maximum absolute atomic E-state index is 13.0. The monoisotopic (exact) mass is 210 g/mol. The van der Waals surface area contributed by atoms with E-state index < -0.39 is 16.6 Å². The first kappa shape index (κ1) is 9.12. The van der Waals surface area contributed by atoms with Crippen molar-refractivity contribution in [2.24, 2.45) is 0 Å². The van der Waals surface area contributed by atoms with Gasteiger partial charge in [-0.2, -0.15) is 14.2 Å². The molecule has 8 nitrogen and oxygen atoms in total. The van der Waals surface area contributed by atoms with Gasteiger partial charge in [-0.1, -0.05) is 0 Å². The highest BCUT2D eigenvalue weighted by Gasteiger charge is 2.24. The van der Waals surface area contributed by atoms with Crippen LogP contribution in [0, 0.1) is 16.1 Å². The SMILES string of the molecule is O=[N+]([O-])c1c(F)ncnc1-n1cncn1. The summed E-state index contributed by atoms with van der Waals surface area (Å²) < 4.78 is 14.0. The molecule has 0 fully saturated rings. The van der Waals surface area contributed by atoms with E-state index in [1.165, 1.54) is 6.33 Å². The van der Waals surface area contributed by atoms with E-state index in [9.17, 15) is 14.5 Å². The normalized spacial score (nSPS) is 10.2. The van der Waals surface area contributed by atoms with E-state index in [0.29, 0.717) is 0 Å². The predicted octanol–water partition coefficient (Wildman–Crippen LogP) is 0.105. The molecule has 2 aromatic heterocycles. The first-order valence-electron chi connectivity index (χ1n) is 3.70. The van der Waals surface area contributed by atoms with Gasteiger partial charge in [-0.15, -0.1) is 0 Å². The smallest absolute Gasteiger partial charge is 0.258 e. The van der Waals surface area contributed by atoms with Crippen molar-refractivity contribution in [3.05, 3.63) is 35.0 Å². The van der Waals surface area contributed by atoms with Crippen LogP contribution >= 0.6 is 0 Å². The number of aromatic nitrogens is 5. The van der Waals surface area contributed by atoms with E-state index in [0.717, 1.165) is 17.3 Å². The molecule has 0 bridgehead atoms. The largest absolute Gasteiger partial charge is 0.368 e. The van der Waals surface area contributed by atoms with Crippen molar-refractivity contribution in [1.29, 1.82) is 0 Å². The third kappa shape index (κ3) is 1.49. The van der Waals surface area contributed by atoms with Gasteiger partial charge in [-0.25, -0.2) is 15.0 Å². The Bertz CT molecular complexity index is 498. The van der Waals surface area contributed by atoms with Crippen LogP contribution in [-0.4, -0.2) is 29.7 Å². The summed E-state index contributed by atoms with van der Waals surface area (Å²) in [6.45, 7) is 0. The molecule has 2 aromatic rings. The number of nitrogens with zero attached hydrogens (tertiary/aromatic N) is 6. The summed E-state index contributed by atoms with van der Waals surface area (Å²) in [7, 11) is 0. The summed E-state index contributed by atoms with van der Waals surface area (Å²) in [5.41, 5.74) is -0.831. The predicted molar refractivity (Wildman–Crippen MR) is 43.6 cm³/mol. The minimum absolute atomic E-state index is 0.259. The van der Waals surface area contributed by atoms with Gasteiger partial charge >= 0.3 is 5.69 Å². The number of hydrogen-bond acceptors (Lipinski definition) is 6. The van der Waals surface area contributed by atoms with Crippen LogP contribution in [0.15, 0.2) is 19.0 Å². The highest BCUT2D eigenvalue weighted by molar-refractivity contribution is 5.44. The molecule has 76 valence electrons. The summed E-state index contributed by atoms with van der Waals surface area (Å²) in [5, 5.41) is 14.2. The van der Waals surface area contributed by atoms with E-state index in [1.807, 2.05) is 0 Å². The maximum atomic E-state index is 13.0. The fraction of sp³-hybridized carbons (Fsp3) is 0. The van der Waals surface area contributed by atoms with Crippen molar-refractivity contribution in [3.63, 3.8) is 0 Å². The molecule has 0 saturated heterocycles. The standard InChI is InChI=1S/C6H3FN6O2/c7-5-4(13(14)15)6(10-2-9-5)12-3-8-1-11-12/h1-3H. The molecular weight excluding hydrogens is 207 g/mol. The topological polar surface area (TPSA) is 99.6 Å². The average Bonchev–Trinajstić information content (AvgIpc) is 2.69. The van der Waals surface area contributed by atoms with Gasteiger partial charge in [0.25, 0.3) is 5.95 Å².